The zero-order chi connectivity index (χ0) is 20.4. The van der Waals surface area contributed by atoms with Crippen molar-refractivity contribution in [2.45, 2.75) is 58.4 Å². The quantitative estimate of drug-likeness (QED) is 0.640. The van der Waals surface area contributed by atoms with Gasteiger partial charge in [-0.15, -0.1) is 0 Å². The lowest BCUT2D eigenvalue weighted by Gasteiger charge is -2.24. The van der Waals surface area contributed by atoms with Gasteiger partial charge in [-0.1, -0.05) is 44.9 Å². The topological polar surface area (TPSA) is 78.5 Å². The van der Waals surface area contributed by atoms with E-state index < -0.39 is 6.04 Å². The van der Waals surface area contributed by atoms with Gasteiger partial charge in [0.1, 0.15) is 6.04 Å². The van der Waals surface area contributed by atoms with Crippen molar-refractivity contribution in [1.29, 1.82) is 0 Å². The van der Waals surface area contributed by atoms with Crippen LogP contribution in [0, 0.1) is 5.92 Å². The van der Waals surface area contributed by atoms with Crippen molar-refractivity contribution >= 4 is 17.7 Å². The van der Waals surface area contributed by atoms with Crippen molar-refractivity contribution in [1.82, 2.24) is 15.5 Å². The van der Waals surface area contributed by atoms with Gasteiger partial charge in [0.15, 0.2) is 0 Å². The second kappa shape index (κ2) is 11.5. The van der Waals surface area contributed by atoms with Crippen LogP contribution in [0.15, 0.2) is 30.3 Å². The molecular formula is C22H33N3O3. The highest BCUT2D eigenvalue weighted by Crippen LogP contribution is 2.12. The second-order valence-electron chi connectivity index (χ2n) is 7.54. The fraction of sp³-hybridized carbons (Fsp3) is 0.591. The summed E-state index contributed by atoms with van der Waals surface area (Å²) in [5.74, 6) is -0.159. The van der Waals surface area contributed by atoms with E-state index in [0.29, 0.717) is 25.1 Å². The maximum absolute atomic E-state index is 12.7. The summed E-state index contributed by atoms with van der Waals surface area (Å²) in [6.45, 7) is 5.95. The highest BCUT2D eigenvalue weighted by molar-refractivity contribution is 5.97. The van der Waals surface area contributed by atoms with Gasteiger partial charge in [0.05, 0.1) is 0 Å². The third kappa shape index (κ3) is 6.66. The van der Waals surface area contributed by atoms with Gasteiger partial charge in [-0.3, -0.25) is 14.4 Å². The molecule has 0 radical (unpaired) electrons. The van der Waals surface area contributed by atoms with Crippen LogP contribution in [0.3, 0.4) is 0 Å². The van der Waals surface area contributed by atoms with Crippen LogP contribution >= 0.6 is 0 Å². The highest BCUT2D eigenvalue weighted by Gasteiger charge is 2.26. The average molecular weight is 388 g/mol. The Bertz CT molecular complexity index is 648. The summed E-state index contributed by atoms with van der Waals surface area (Å²) in [5.41, 5.74) is 0.545. The summed E-state index contributed by atoms with van der Waals surface area (Å²) in [5, 5.41) is 5.81. The molecule has 1 aromatic carbocycles. The van der Waals surface area contributed by atoms with E-state index in [1.54, 1.807) is 24.3 Å². The Kier molecular flexibility index (Phi) is 8.98. The molecular weight excluding hydrogens is 354 g/mol. The zero-order valence-electron chi connectivity index (χ0n) is 17.1. The van der Waals surface area contributed by atoms with Crippen LogP contribution in [-0.4, -0.2) is 48.3 Å². The summed E-state index contributed by atoms with van der Waals surface area (Å²) in [4.78, 5) is 39.1. The van der Waals surface area contributed by atoms with Crippen molar-refractivity contribution in [2.24, 2.45) is 5.92 Å². The van der Waals surface area contributed by atoms with E-state index in [4.69, 9.17) is 0 Å². The van der Waals surface area contributed by atoms with Crippen LogP contribution in [0.5, 0.6) is 0 Å². The first-order chi connectivity index (χ1) is 13.5. The molecule has 1 aromatic rings. The number of amides is 3. The monoisotopic (exact) mass is 387 g/mol. The Balaban J connectivity index is 1.83. The molecule has 2 rings (SSSR count). The third-order valence-electron chi connectivity index (χ3n) is 5.39. The van der Waals surface area contributed by atoms with Crippen molar-refractivity contribution < 1.29 is 14.4 Å². The van der Waals surface area contributed by atoms with Gasteiger partial charge < -0.3 is 15.5 Å². The predicted octanol–water partition coefficient (Wildman–Crippen LogP) is 2.74. The van der Waals surface area contributed by atoms with E-state index in [1.165, 1.54) is 0 Å². The van der Waals surface area contributed by atoms with Crippen molar-refractivity contribution in [3.05, 3.63) is 35.9 Å². The van der Waals surface area contributed by atoms with E-state index >= 15 is 0 Å². The largest absolute Gasteiger partial charge is 0.354 e. The van der Waals surface area contributed by atoms with Gasteiger partial charge in [-0.2, -0.15) is 0 Å². The molecule has 6 heteroatoms. The Morgan fingerprint density at radius 2 is 1.89 bits per heavy atom. The van der Waals surface area contributed by atoms with Crippen LogP contribution in [0.1, 0.15) is 62.7 Å². The van der Waals surface area contributed by atoms with Crippen molar-refractivity contribution in [2.75, 3.05) is 19.6 Å². The minimum Gasteiger partial charge on any atom is -0.354 e. The summed E-state index contributed by atoms with van der Waals surface area (Å²) in [6, 6.07) is 8.36. The first-order valence-electron chi connectivity index (χ1n) is 10.4. The summed E-state index contributed by atoms with van der Waals surface area (Å²) >= 11 is 0. The summed E-state index contributed by atoms with van der Waals surface area (Å²) < 4.78 is 0. The van der Waals surface area contributed by atoms with E-state index in [0.717, 1.165) is 38.6 Å². The molecule has 6 nitrogen and oxygen atoms in total. The molecule has 28 heavy (non-hydrogen) atoms. The first-order valence-corrected chi connectivity index (χ1v) is 10.4. The number of likely N-dealkylation sites (tertiary alicyclic amines) is 1. The maximum Gasteiger partial charge on any atom is 0.251 e. The van der Waals surface area contributed by atoms with Gasteiger partial charge in [0, 0.05) is 31.6 Å². The number of rotatable bonds is 9. The third-order valence-corrected chi connectivity index (χ3v) is 5.39. The number of nitrogens with one attached hydrogen (secondary N) is 2. The van der Waals surface area contributed by atoms with Gasteiger partial charge in [-0.05, 0) is 37.3 Å². The van der Waals surface area contributed by atoms with Gasteiger partial charge in [0.25, 0.3) is 5.91 Å². The predicted molar refractivity (Wildman–Crippen MR) is 110 cm³/mol. The first kappa shape index (κ1) is 21.9. The highest BCUT2D eigenvalue weighted by atomic mass is 16.2. The number of hydrogen-bond acceptors (Lipinski definition) is 3. The molecule has 1 aliphatic rings. The number of carbonyl (C=O) groups excluding carboxylic acids is 3. The molecule has 0 spiro atoms. The smallest absolute Gasteiger partial charge is 0.251 e. The Labute approximate surface area is 168 Å². The maximum atomic E-state index is 12.7. The SMILES string of the molecule is CCC(C)C(NC(=O)c1ccccc1)C(=O)NCCCN1CCCCCC1=O. The van der Waals surface area contributed by atoms with Gasteiger partial charge in [-0.25, -0.2) is 0 Å². The number of benzene rings is 1. The molecule has 0 aliphatic carbocycles. The van der Waals surface area contributed by atoms with Crippen LogP contribution in [0.2, 0.25) is 0 Å². The molecule has 1 heterocycles. The van der Waals surface area contributed by atoms with Gasteiger partial charge >= 0.3 is 0 Å². The number of carbonyl (C=O) groups is 3. The Morgan fingerprint density at radius 1 is 1.14 bits per heavy atom. The van der Waals surface area contributed by atoms with Gasteiger partial charge in [0.2, 0.25) is 11.8 Å². The fourth-order valence-corrected chi connectivity index (χ4v) is 3.38. The van der Waals surface area contributed by atoms with E-state index in [1.807, 2.05) is 24.8 Å². The number of nitrogens with zero attached hydrogens (tertiary/aromatic N) is 1. The molecule has 0 aromatic heterocycles. The molecule has 2 N–H and O–H groups in total. The molecule has 1 saturated heterocycles. The summed E-state index contributed by atoms with van der Waals surface area (Å²) in [6.07, 6.45) is 5.28. The van der Waals surface area contributed by atoms with Crippen LogP contribution in [0.4, 0.5) is 0 Å². The Hall–Kier alpha value is -2.37. The van der Waals surface area contributed by atoms with E-state index in [9.17, 15) is 14.4 Å². The summed E-state index contributed by atoms with van der Waals surface area (Å²) in [7, 11) is 0. The standard InChI is InChI=1S/C22H33N3O3/c1-3-17(2)20(24-21(27)18-11-6-4-7-12-18)22(28)23-14-10-16-25-15-9-5-8-13-19(25)26/h4,6-7,11-12,17,20H,3,5,8-10,13-16H2,1-2H3,(H,23,28)(H,24,27). The lowest BCUT2D eigenvalue weighted by molar-refractivity contribution is -0.130. The minimum absolute atomic E-state index is 0.0276. The molecule has 3 amide bonds. The minimum atomic E-state index is -0.572. The van der Waals surface area contributed by atoms with Crippen LogP contribution in [-0.2, 0) is 9.59 Å². The lowest BCUT2D eigenvalue weighted by Crippen LogP contribution is -2.50. The normalized spacial score (nSPS) is 16.8. The van der Waals surface area contributed by atoms with Crippen molar-refractivity contribution in [3.63, 3.8) is 0 Å². The second-order valence-corrected chi connectivity index (χ2v) is 7.54. The fourth-order valence-electron chi connectivity index (χ4n) is 3.38. The van der Waals surface area contributed by atoms with Crippen molar-refractivity contribution in [3.8, 4) is 0 Å². The molecule has 154 valence electrons. The molecule has 2 atom stereocenters. The van der Waals surface area contributed by atoms with Crippen LogP contribution < -0.4 is 10.6 Å². The molecule has 1 aliphatic heterocycles. The molecule has 1 fully saturated rings. The van der Waals surface area contributed by atoms with E-state index in [-0.39, 0.29) is 23.6 Å². The molecule has 0 bridgehead atoms. The number of hydrogen-bond donors (Lipinski definition) is 2. The Morgan fingerprint density at radius 3 is 2.61 bits per heavy atom. The van der Waals surface area contributed by atoms with Crippen LogP contribution in [0.25, 0.3) is 0 Å². The zero-order valence-corrected chi connectivity index (χ0v) is 17.1. The molecule has 2 unspecified atom stereocenters. The molecule has 0 saturated carbocycles. The average Bonchev–Trinajstić information content (AvgIpc) is 2.93. The van der Waals surface area contributed by atoms with E-state index in [2.05, 4.69) is 10.6 Å². The lowest BCUT2D eigenvalue weighted by atomic mass is 9.97.